The van der Waals surface area contributed by atoms with Crippen LogP contribution in [0.2, 0.25) is 0 Å². The second-order valence-corrected chi connectivity index (χ2v) is 3.93. The predicted molar refractivity (Wildman–Crippen MR) is 44.1 cm³/mol. The fraction of sp³-hybridized carbons (Fsp3) is 1.00. The largest absolute Gasteiger partial charge is 1.00 e. The minimum absolute atomic E-state index is 0. The molecule has 3 nitrogen and oxygen atoms in total. The van der Waals surface area contributed by atoms with E-state index in [1.54, 1.807) is 0 Å². The van der Waals surface area contributed by atoms with Crippen LogP contribution in [-0.2, 0) is 11.1 Å². The van der Waals surface area contributed by atoms with Crippen molar-refractivity contribution in [1.29, 1.82) is 0 Å². The van der Waals surface area contributed by atoms with E-state index in [9.17, 15) is 8.76 Å². The van der Waals surface area contributed by atoms with Crippen LogP contribution in [-0.4, -0.2) is 39.0 Å². The normalized spacial score (nSPS) is 20.4. The van der Waals surface area contributed by atoms with Crippen LogP contribution in [0, 0.1) is 0 Å². The molecule has 1 fully saturated rings. The average molecular weight is 199 g/mol. The van der Waals surface area contributed by atoms with Crippen LogP contribution in [0.1, 0.15) is 19.3 Å². The zero-order valence-electron chi connectivity index (χ0n) is 7.62. The van der Waals surface area contributed by atoms with E-state index in [0.29, 0.717) is 5.75 Å². The molecular formula is C7H14NNaO2S. The molecule has 12 heavy (non-hydrogen) atoms. The molecule has 1 heterocycles. The molecule has 0 saturated carbocycles. The molecular weight excluding hydrogens is 185 g/mol. The van der Waals surface area contributed by atoms with Gasteiger partial charge in [0, 0.05) is 5.75 Å². The van der Waals surface area contributed by atoms with Gasteiger partial charge in [-0.15, -0.1) is 0 Å². The van der Waals surface area contributed by atoms with Gasteiger partial charge in [0.15, 0.2) is 0 Å². The molecule has 0 aromatic heterocycles. The third kappa shape index (κ3) is 5.67. The van der Waals surface area contributed by atoms with Crippen LogP contribution in [0.4, 0.5) is 0 Å². The van der Waals surface area contributed by atoms with Crippen molar-refractivity contribution in [3.05, 3.63) is 0 Å². The zero-order chi connectivity index (χ0) is 8.10. The molecule has 66 valence electrons. The molecule has 0 aromatic carbocycles. The Balaban J connectivity index is 0.00000121. The van der Waals surface area contributed by atoms with E-state index in [1.807, 2.05) is 0 Å². The molecule has 0 radical (unpaired) electrons. The molecule has 0 spiro atoms. The molecule has 1 aliphatic heterocycles. The molecule has 0 aromatic rings. The second kappa shape index (κ2) is 7.47. The Hall–Kier alpha value is 1.07. The molecule has 0 aliphatic carbocycles. The Morgan fingerprint density at radius 2 is 1.92 bits per heavy atom. The smallest absolute Gasteiger partial charge is 0.772 e. The van der Waals surface area contributed by atoms with Gasteiger partial charge < -0.3 is 9.45 Å². The van der Waals surface area contributed by atoms with Crippen molar-refractivity contribution in [2.45, 2.75) is 19.3 Å². The number of likely N-dealkylation sites (tertiary alicyclic amines) is 1. The number of rotatable bonds is 4. The minimum Gasteiger partial charge on any atom is -0.772 e. The third-order valence-corrected chi connectivity index (χ3v) is 2.61. The Labute approximate surface area is 98.5 Å². The van der Waals surface area contributed by atoms with Crippen molar-refractivity contribution in [2.24, 2.45) is 0 Å². The van der Waals surface area contributed by atoms with Crippen LogP contribution in [0.15, 0.2) is 0 Å². The first-order chi connectivity index (χ1) is 5.29. The van der Waals surface area contributed by atoms with Crippen molar-refractivity contribution in [2.75, 3.05) is 25.4 Å². The van der Waals surface area contributed by atoms with Crippen LogP contribution >= 0.6 is 0 Å². The summed E-state index contributed by atoms with van der Waals surface area (Å²) < 4.78 is 20.3. The summed E-state index contributed by atoms with van der Waals surface area (Å²) in [6.07, 6.45) is 3.34. The van der Waals surface area contributed by atoms with Crippen LogP contribution in [0.3, 0.4) is 0 Å². The average Bonchev–Trinajstić information content (AvgIpc) is 2.39. The van der Waals surface area contributed by atoms with Gasteiger partial charge in [-0.1, -0.05) is 11.1 Å². The Bertz CT molecular complexity index is 139. The van der Waals surface area contributed by atoms with E-state index in [-0.39, 0.29) is 29.6 Å². The summed E-state index contributed by atoms with van der Waals surface area (Å²) in [6, 6.07) is 0. The van der Waals surface area contributed by atoms with E-state index in [1.165, 1.54) is 12.8 Å². The molecule has 1 aliphatic rings. The fourth-order valence-electron chi connectivity index (χ4n) is 1.41. The van der Waals surface area contributed by atoms with E-state index < -0.39 is 11.1 Å². The predicted octanol–water partition coefficient (Wildman–Crippen LogP) is -2.64. The van der Waals surface area contributed by atoms with Crippen molar-refractivity contribution >= 4 is 11.1 Å². The van der Waals surface area contributed by atoms with Gasteiger partial charge >= 0.3 is 29.6 Å². The van der Waals surface area contributed by atoms with Crippen molar-refractivity contribution in [1.82, 2.24) is 4.90 Å². The van der Waals surface area contributed by atoms with Gasteiger partial charge in [-0.25, -0.2) is 0 Å². The maximum absolute atomic E-state index is 10.2. The summed E-state index contributed by atoms with van der Waals surface area (Å²) in [7, 11) is 0. The topological polar surface area (TPSA) is 43.4 Å². The molecule has 0 bridgehead atoms. The maximum Gasteiger partial charge on any atom is 1.00 e. The minimum atomic E-state index is -1.84. The Kier molecular flexibility index (Phi) is 8.14. The molecule has 1 atom stereocenters. The number of hydrogen-bond acceptors (Lipinski definition) is 3. The van der Waals surface area contributed by atoms with Gasteiger partial charge in [0.25, 0.3) is 0 Å². The molecule has 1 rings (SSSR count). The summed E-state index contributed by atoms with van der Waals surface area (Å²) in [5.74, 6) is 0.316. The summed E-state index contributed by atoms with van der Waals surface area (Å²) in [4.78, 5) is 2.33. The standard InChI is InChI=1S/C7H15NO2S.Na/c9-11(10)7-3-6-8-4-1-2-5-8;/h1-7H2,(H,9,10);/q;+1/p-1. The van der Waals surface area contributed by atoms with Crippen molar-refractivity contribution in [3.8, 4) is 0 Å². The monoisotopic (exact) mass is 199 g/mol. The van der Waals surface area contributed by atoms with Crippen molar-refractivity contribution < 1.29 is 38.3 Å². The molecule has 5 heteroatoms. The maximum atomic E-state index is 10.2. The van der Waals surface area contributed by atoms with Crippen LogP contribution in [0.5, 0.6) is 0 Å². The van der Waals surface area contributed by atoms with Gasteiger partial charge in [-0.05, 0) is 38.9 Å². The van der Waals surface area contributed by atoms with Crippen LogP contribution < -0.4 is 29.6 Å². The Morgan fingerprint density at radius 3 is 2.42 bits per heavy atom. The van der Waals surface area contributed by atoms with E-state index in [4.69, 9.17) is 0 Å². The van der Waals surface area contributed by atoms with Gasteiger partial charge in [-0.3, -0.25) is 4.21 Å². The number of hydrogen-bond donors (Lipinski definition) is 0. The van der Waals surface area contributed by atoms with Gasteiger partial charge in [0.1, 0.15) is 0 Å². The Morgan fingerprint density at radius 1 is 1.33 bits per heavy atom. The summed E-state index contributed by atoms with van der Waals surface area (Å²) in [6.45, 7) is 3.27. The second-order valence-electron chi connectivity index (χ2n) is 2.91. The first-order valence-corrected chi connectivity index (χ1v) is 5.31. The van der Waals surface area contributed by atoms with Crippen molar-refractivity contribution in [3.63, 3.8) is 0 Å². The first kappa shape index (κ1) is 13.1. The first-order valence-electron chi connectivity index (χ1n) is 4.07. The van der Waals surface area contributed by atoms with Gasteiger partial charge in [-0.2, -0.15) is 0 Å². The van der Waals surface area contributed by atoms with Crippen LogP contribution in [0.25, 0.3) is 0 Å². The van der Waals surface area contributed by atoms with E-state index >= 15 is 0 Å². The molecule has 1 unspecified atom stereocenters. The fourth-order valence-corrected chi connectivity index (χ4v) is 1.78. The van der Waals surface area contributed by atoms with Gasteiger partial charge in [0.05, 0.1) is 0 Å². The summed E-state index contributed by atoms with van der Waals surface area (Å²) in [5.41, 5.74) is 0. The zero-order valence-corrected chi connectivity index (χ0v) is 10.4. The third-order valence-electron chi connectivity index (χ3n) is 1.98. The summed E-state index contributed by atoms with van der Waals surface area (Å²) >= 11 is -1.84. The van der Waals surface area contributed by atoms with Gasteiger partial charge in [0.2, 0.25) is 0 Å². The quantitative estimate of drug-likeness (QED) is 0.367. The molecule has 1 saturated heterocycles. The molecule has 0 N–H and O–H groups in total. The number of nitrogens with zero attached hydrogens (tertiary/aromatic N) is 1. The SMILES string of the molecule is O=S([O-])CCCN1CCCC1.[Na+]. The van der Waals surface area contributed by atoms with E-state index in [0.717, 1.165) is 26.1 Å². The van der Waals surface area contributed by atoms with E-state index in [2.05, 4.69) is 4.90 Å². The summed E-state index contributed by atoms with van der Waals surface area (Å²) in [5, 5.41) is 0. The molecule has 0 amide bonds.